The summed E-state index contributed by atoms with van der Waals surface area (Å²) in [7, 11) is 0. The molecule has 0 N–H and O–H groups in total. The Balaban J connectivity index is 2.69. The number of halogens is 1. The van der Waals surface area contributed by atoms with Gasteiger partial charge in [-0.3, -0.25) is 0 Å². The van der Waals surface area contributed by atoms with Gasteiger partial charge in [0.25, 0.3) is 0 Å². The van der Waals surface area contributed by atoms with Crippen LogP contribution in [-0.2, 0) is 0 Å². The van der Waals surface area contributed by atoms with Crippen molar-refractivity contribution in [2.24, 2.45) is 0 Å². The number of benzene rings is 1. The van der Waals surface area contributed by atoms with Gasteiger partial charge < -0.3 is 0 Å². The molecule has 106 valence electrons. The highest BCUT2D eigenvalue weighted by atomic mass is 19.1. The molecule has 0 saturated heterocycles. The molecule has 0 saturated carbocycles. The van der Waals surface area contributed by atoms with Gasteiger partial charge in [0.15, 0.2) is 0 Å². The normalized spacial score (nSPS) is 11.4. The third-order valence-electron chi connectivity index (χ3n) is 3.47. The highest BCUT2D eigenvalue weighted by Crippen LogP contribution is 2.31. The average Bonchev–Trinajstić information content (AvgIpc) is 2.40. The minimum atomic E-state index is -0.219. The maximum atomic E-state index is 13.6. The number of nitrogens with zero attached hydrogens (tertiary/aromatic N) is 2. The highest BCUT2D eigenvalue weighted by molar-refractivity contribution is 5.70. The maximum absolute atomic E-state index is 13.6. The first-order valence-electron chi connectivity index (χ1n) is 7.04. The summed E-state index contributed by atoms with van der Waals surface area (Å²) in [6.45, 7) is 10.3. The van der Waals surface area contributed by atoms with E-state index in [0.717, 1.165) is 28.1 Å². The van der Waals surface area contributed by atoms with Crippen LogP contribution >= 0.6 is 0 Å². The zero-order chi connectivity index (χ0) is 14.9. The van der Waals surface area contributed by atoms with E-state index in [1.807, 2.05) is 13.0 Å². The molecule has 0 spiro atoms. The summed E-state index contributed by atoms with van der Waals surface area (Å²) in [5, 5.41) is 8.67. The van der Waals surface area contributed by atoms with E-state index in [4.69, 9.17) is 0 Å². The Morgan fingerprint density at radius 2 is 1.60 bits per heavy atom. The summed E-state index contributed by atoms with van der Waals surface area (Å²) in [6.07, 6.45) is 0. The lowest BCUT2D eigenvalue weighted by Gasteiger charge is -2.15. The van der Waals surface area contributed by atoms with Crippen LogP contribution in [0.5, 0.6) is 0 Å². The molecular formula is C17H21FN2. The van der Waals surface area contributed by atoms with E-state index in [2.05, 4.69) is 44.0 Å². The third-order valence-corrected chi connectivity index (χ3v) is 3.47. The first-order chi connectivity index (χ1) is 9.40. The molecule has 1 aromatic carbocycles. The van der Waals surface area contributed by atoms with Crippen LogP contribution in [0.4, 0.5) is 4.39 Å². The summed E-state index contributed by atoms with van der Waals surface area (Å²) in [5.41, 5.74) is 4.81. The van der Waals surface area contributed by atoms with E-state index in [1.165, 1.54) is 6.07 Å². The maximum Gasteiger partial charge on any atom is 0.123 e. The Bertz CT molecular complexity index is 618. The Kier molecular flexibility index (Phi) is 4.17. The van der Waals surface area contributed by atoms with Gasteiger partial charge in [0.1, 0.15) is 5.82 Å². The quantitative estimate of drug-likeness (QED) is 0.799. The van der Waals surface area contributed by atoms with Crippen molar-refractivity contribution in [2.75, 3.05) is 0 Å². The van der Waals surface area contributed by atoms with Gasteiger partial charge in [-0.25, -0.2) is 4.39 Å². The molecule has 2 aromatic rings. The van der Waals surface area contributed by atoms with Gasteiger partial charge in [0.05, 0.1) is 11.4 Å². The molecule has 20 heavy (non-hydrogen) atoms. The molecule has 0 bridgehead atoms. The number of aryl methyl sites for hydroxylation is 1. The Morgan fingerprint density at radius 1 is 0.900 bits per heavy atom. The van der Waals surface area contributed by atoms with Crippen molar-refractivity contribution in [3.63, 3.8) is 0 Å². The number of aromatic nitrogens is 2. The lowest BCUT2D eigenvalue weighted by Crippen LogP contribution is -2.04. The molecule has 0 radical (unpaired) electrons. The van der Waals surface area contributed by atoms with Gasteiger partial charge in [-0.1, -0.05) is 33.8 Å². The average molecular weight is 272 g/mol. The fourth-order valence-electron chi connectivity index (χ4n) is 2.22. The lowest BCUT2D eigenvalue weighted by molar-refractivity contribution is 0.627. The summed E-state index contributed by atoms with van der Waals surface area (Å²) < 4.78 is 13.6. The first-order valence-corrected chi connectivity index (χ1v) is 7.04. The fourth-order valence-corrected chi connectivity index (χ4v) is 2.22. The second-order valence-corrected chi connectivity index (χ2v) is 5.84. The SMILES string of the molecule is Cc1ccc(F)cc1-c1cc(C(C)C)nnc1C(C)C. The van der Waals surface area contributed by atoms with E-state index in [-0.39, 0.29) is 11.7 Å². The molecule has 1 aromatic heterocycles. The van der Waals surface area contributed by atoms with Crippen LogP contribution in [0.2, 0.25) is 0 Å². The summed E-state index contributed by atoms with van der Waals surface area (Å²) in [6, 6.07) is 6.94. The van der Waals surface area contributed by atoms with Crippen molar-refractivity contribution < 1.29 is 4.39 Å². The standard InChI is InChI=1S/C17H21FN2/c1-10(2)16-9-15(17(11(3)4)20-19-16)14-8-13(18)7-6-12(14)5/h6-11H,1-5H3. The Hall–Kier alpha value is -1.77. The Morgan fingerprint density at radius 3 is 2.20 bits per heavy atom. The van der Waals surface area contributed by atoms with E-state index in [9.17, 15) is 4.39 Å². The predicted molar refractivity (Wildman–Crippen MR) is 80.3 cm³/mol. The monoisotopic (exact) mass is 272 g/mol. The van der Waals surface area contributed by atoms with Gasteiger partial charge in [0, 0.05) is 5.56 Å². The summed E-state index contributed by atoms with van der Waals surface area (Å²) in [5.74, 6) is 0.334. The first kappa shape index (κ1) is 14.6. The van der Waals surface area contributed by atoms with Gasteiger partial charge in [-0.2, -0.15) is 10.2 Å². The molecule has 0 fully saturated rings. The van der Waals surface area contributed by atoms with E-state index in [0.29, 0.717) is 5.92 Å². The zero-order valence-electron chi connectivity index (χ0n) is 12.7. The second-order valence-electron chi connectivity index (χ2n) is 5.84. The number of hydrogen-bond donors (Lipinski definition) is 0. The van der Waals surface area contributed by atoms with Crippen LogP contribution in [0.1, 0.15) is 56.5 Å². The van der Waals surface area contributed by atoms with Crippen LogP contribution in [0.3, 0.4) is 0 Å². The number of hydrogen-bond acceptors (Lipinski definition) is 2. The largest absolute Gasteiger partial charge is 0.207 e. The van der Waals surface area contributed by atoms with Crippen molar-refractivity contribution in [3.05, 3.63) is 47.0 Å². The van der Waals surface area contributed by atoms with Gasteiger partial charge in [0.2, 0.25) is 0 Å². The predicted octanol–water partition coefficient (Wildman–Crippen LogP) is 4.84. The fraction of sp³-hybridized carbons (Fsp3) is 0.412. The minimum Gasteiger partial charge on any atom is -0.207 e. The van der Waals surface area contributed by atoms with E-state index >= 15 is 0 Å². The molecule has 3 heteroatoms. The van der Waals surface area contributed by atoms with Crippen LogP contribution in [-0.4, -0.2) is 10.2 Å². The molecule has 0 aliphatic heterocycles. The highest BCUT2D eigenvalue weighted by Gasteiger charge is 2.16. The summed E-state index contributed by atoms with van der Waals surface area (Å²) in [4.78, 5) is 0. The van der Waals surface area contributed by atoms with E-state index < -0.39 is 0 Å². The topological polar surface area (TPSA) is 25.8 Å². The molecule has 0 aliphatic carbocycles. The lowest BCUT2D eigenvalue weighted by atomic mass is 9.93. The van der Waals surface area contributed by atoms with Crippen molar-refractivity contribution in [1.82, 2.24) is 10.2 Å². The van der Waals surface area contributed by atoms with E-state index in [1.54, 1.807) is 6.07 Å². The zero-order valence-corrected chi connectivity index (χ0v) is 12.7. The van der Waals surface area contributed by atoms with Crippen LogP contribution in [0.15, 0.2) is 24.3 Å². The summed E-state index contributed by atoms with van der Waals surface area (Å²) >= 11 is 0. The van der Waals surface area contributed by atoms with Crippen molar-refractivity contribution in [1.29, 1.82) is 0 Å². The minimum absolute atomic E-state index is 0.219. The molecule has 0 atom stereocenters. The smallest absolute Gasteiger partial charge is 0.123 e. The van der Waals surface area contributed by atoms with Gasteiger partial charge in [-0.05, 0) is 48.1 Å². The van der Waals surface area contributed by atoms with Gasteiger partial charge in [-0.15, -0.1) is 0 Å². The van der Waals surface area contributed by atoms with Crippen LogP contribution in [0.25, 0.3) is 11.1 Å². The molecule has 1 heterocycles. The van der Waals surface area contributed by atoms with Crippen LogP contribution < -0.4 is 0 Å². The molecule has 0 amide bonds. The van der Waals surface area contributed by atoms with Crippen molar-refractivity contribution in [3.8, 4) is 11.1 Å². The van der Waals surface area contributed by atoms with Crippen molar-refractivity contribution >= 4 is 0 Å². The van der Waals surface area contributed by atoms with Gasteiger partial charge >= 0.3 is 0 Å². The molecule has 0 aliphatic rings. The number of rotatable bonds is 3. The molecular weight excluding hydrogens is 251 g/mol. The van der Waals surface area contributed by atoms with Crippen LogP contribution in [0, 0.1) is 12.7 Å². The molecule has 0 unspecified atom stereocenters. The Labute approximate surface area is 120 Å². The van der Waals surface area contributed by atoms with Crippen molar-refractivity contribution in [2.45, 2.75) is 46.5 Å². The third kappa shape index (κ3) is 2.87. The molecule has 2 nitrogen and oxygen atoms in total. The molecule has 2 rings (SSSR count). The second kappa shape index (κ2) is 5.70.